The lowest BCUT2D eigenvalue weighted by Gasteiger charge is -2.01. The van der Waals surface area contributed by atoms with Crippen LogP contribution in [0.25, 0.3) is 11.3 Å². The third-order valence-electron chi connectivity index (χ3n) is 1.92. The number of rotatable bonds is 2. The summed E-state index contributed by atoms with van der Waals surface area (Å²) in [6.45, 7) is 1.38. The summed E-state index contributed by atoms with van der Waals surface area (Å²) < 4.78 is 10.1. The fraction of sp³-hybridized carbons (Fsp3) is 0.0833. The highest BCUT2D eigenvalue weighted by molar-refractivity contribution is 5.69. The van der Waals surface area contributed by atoms with Crippen LogP contribution in [0.4, 0.5) is 0 Å². The number of ether oxygens (including phenoxy) is 1. The molecule has 0 aliphatic rings. The molecular formula is C12H10O3. The molecule has 0 aliphatic heterocycles. The molecule has 0 unspecified atom stereocenters. The van der Waals surface area contributed by atoms with Crippen molar-refractivity contribution in [1.29, 1.82) is 0 Å². The Bertz CT molecular complexity index is 440. The van der Waals surface area contributed by atoms with Gasteiger partial charge in [0.05, 0.1) is 6.26 Å². The van der Waals surface area contributed by atoms with Crippen molar-refractivity contribution in [2.75, 3.05) is 0 Å². The number of hydrogen-bond acceptors (Lipinski definition) is 3. The van der Waals surface area contributed by atoms with E-state index in [0.29, 0.717) is 5.75 Å². The first-order chi connectivity index (χ1) is 7.25. The number of furan rings is 1. The Morgan fingerprint density at radius 3 is 2.47 bits per heavy atom. The summed E-state index contributed by atoms with van der Waals surface area (Å²) in [5.41, 5.74) is 0.955. The summed E-state index contributed by atoms with van der Waals surface area (Å²) in [6, 6.07) is 10.9. The van der Waals surface area contributed by atoms with Crippen LogP contribution in [-0.4, -0.2) is 5.97 Å². The minimum absolute atomic E-state index is 0.319. The van der Waals surface area contributed by atoms with Gasteiger partial charge in [-0.25, -0.2) is 0 Å². The number of esters is 1. The van der Waals surface area contributed by atoms with E-state index in [4.69, 9.17) is 9.15 Å². The Kier molecular flexibility index (Phi) is 2.54. The van der Waals surface area contributed by atoms with E-state index >= 15 is 0 Å². The van der Waals surface area contributed by atoms with Crippen molar-refractivity contribution >= 4 is 5.97 Å². The van der Waals surface area contributed by atoms with Crippen LogP contribution in [0.15, 0.2) is 47.1 Å². The highest BCUT2D eigenvalue weighted by Gasteiger charge is 2.01. The van der Waals surface area contributed by atoms with Crippen LogP contribution in [0.5, 0.6) is 5.75 Å². The lowest BCUT2D eigenvalue weighted by molar-refractivity contribution is -0.131. The number of benzene rings is 1. The molecule has 0 saturated heterocycles. The van der Waals surface area contributed by atoms with Gasteiger partial charge >= 0.3 is 5.97 Å². The van der Waals surface area contributed by atoms with Crippen molar-refractivity contribution in [2.24, 2.45) is 0 Å². The zero-order chi connectivity index (χ0) is 10.7. The molecule has 2 aromatic rings. The van der Waals surface area contributed by atoms with Gasteiger partial charge < -0.3 is 9.15 Å². The number of carbonyl (C=O) groups is 1. The lowest BCUT2D eigenvalue weighted by atomic mass is 10.2. The average Bonchev–Trinajstić information content (AvgIpc) is 2.71. The molecular weight excluding hydrogens is 192 g/mol. The van der Waals surface area contributed by atoms with E-state index < -0.39 is 0 Å². The first-order valence-corrected chi connectivity index (χ1v) is 4.58. The normalized spacial score (nSPS) is 9.93. The van der Waals surface area contributed by atoms with Crippen LogP contribution in [-0.2, 0) is 4.79 Å². The maximum absolute atomic E-state index is 10.7. The summed E-state index contributed by atoms with van der Waals surface area (Å²) in [5.74, 6) is 1.02. The van der Waals surface area contributed by atoms with E-state index in [9.17, 15) is 4.79 Å². The fourth-order valence-electron chi connectivity index (χ4n) is 1.30. The van der Waals surface area contributed by atoms with Gasteiger partial charge in [-0.05, 0) is 36.4 Å². The van der Waals surface area contributed by atoms with E-state index in [1.165, 1.54) is 6.92 Å². The monoisotopic (exact) mass is 202 g/mol. The molecule has 1 heterocycles. The molecule has 0 amide bonds. The third kappa shape index (κ3) is 2.26. The zero-order valence-electron chi connectivity index (χ0n) is 8.27. The molecule has 3 nitrogen and oxygen atoms in total. The smallest absolute Gasteiger partial charge is 0.308 e. The number of carbonyl (C=O) groups excluding carboxylic acids is 1. The molecule has 3 heteroatoms. The first kappa shape index (κ1) is 9.52. The molecule has 15 heavy (non-hydrogen) atoms. The van der Waals surface area contributed by atoms with Crippen LogP contribution in [0.2, 0.25) is 0 Å². The number of hydrogen-bond donors (Lipinski definition) is 0. The van der Waals surface area contributed by atoms with E-state index in [1.54, 1.807) is 18.4 Å². The van der Waals surface area contributed by atoms with Crippen LogP contribution in [0.3, 0.4) is 0 Å². The predicted molar refractivity (Wildman–Crippen MR) is 55.5 cm³/mol. The highest BCUT2D eigenvalue weighted by Crippen LogP contribution is 2.22. The summed E-state index contributed by atoms with van der Waals surface area (Å²) in [7, 11) is 0. The second-order valence-corrected chi connectivity index (χ2v) is 3.10. The average molecular weight is 202 g/mol. The topological polar surface area (TPSA) is 39.4 Å². The quantitative estimate of drug-likeness (QED) is 0.555. The van der Waals surface area contributed by atoms with Gasteiger partial charge in [-0.15, -0.1) is 0 Å². The van der Waals surface area contributed by atoms with Crippen molar-refractivity contribution < 1.29 is 13.9 Å². The van der Waals surface area contributed by atoms with E-state index in [-0.39, 0.29) is 5.97 Å². The maximum atomic E-state index is 10.7. The van der Waals surface area contributed by atoms with Crippen molar-refractivity contribution in [3.05, 3.63) is 42.7 Å². The van der Waals surface area contributed by atoms with Gasteiger partial charge in [0.2, 0.25) is 0 Å². The molecule has 1 aromatic carbocycles. The Morgan fingerprint density at radius 2 is 1.93 bits per heavy atom. The van der Waals surface area contributed by atoms with Crippen molar-refractivity contribution in [2.45, 2.75) is 6.92 Å². The van der Waals surface area contributed by atoms with Gasteiger partial charge in [-0.1, -0.05) is 0 Å². The summed E-state index contributed by atoms with van der Waals surface area (Å²) in [4.78, 5) is 10.7. The van der Waals surface area contributed by atoms with Crippen LogP contribution in [0, 0.1) is 0 Å². The van der Waals surface area contributed by atoms with Crippen molar-refractivity contribution in [1.82, 2.24) is 0 Å². The van der Waals surface area contributed by atoms with Gasteiger partial charge in [-0.2, -0.15) is 0 Å². The van der Waals surface area contributed by atoms with Crippen molar-refractivity contribution in [3.8, 4) is 17.1 Å². The van der Waals surface area contributed by atoms with Crippen molar-refractivity contribution in [3.63, 3.8) is 0 Å². The Hall–Kier alpha value is -2.03. The Labute approximate surface area is 87.3 Å². The molecule has 0 saturated carbocycles. The summed E-state index contributed by atoms with van der Waals surface area (Å²) in [5, 5.41) is 0. The van der Waals surface area contributed by atoms with Gasteiger partial charge in [0, 0.05) is 12.5 Å². The fourth-order valence-corrected chi connectivity index (χ4v) is 1.30. The largest absolute Gasteiger partial charge is 0.464 e. The van der Waals surface area contributed by atoms with Gasteiger partial charge in [0.15, 0.2) is 0 Å². The second-order valence-electron chi connectivity index (χ2n) is 3.10. The SMILES string of the molecule is CC(=O)Oc1ccc(-c2ccco2)cc1. The van der Waals surface area contributed by atoms with E-state index in [1.807, 2.05) is 24.3 Å². The summed E-state index contributed by atoms with van der Waals surface area (Å²) >= 11 is 0. The molecule has 0 fully saturated rings. The second kappa shape index (κ2) is 4.00. The summed E-state index contributed by atoms with van der Waals surface area (Å²) in [6.07, 6.45) is 1.62. The maximum Gasteiger partial charge on any atom is 0.308 e. The molecule has 76 valence electrons. The lowest BCUT2D eigenvalue weighted by Crippen LogP contribution is -2.00. The minimum Gasteiger partial charge on any atom is -0.464 e. The molecule has 0 bridgehead atoms. The zero-order valence-corrected chi connectivity index (χ0v) is 8.27. The van der Waals surface area contributed by atoms with E-state index in [0.717, 1.165) is 11.3 Å². The highest BCUT2D eigenvalue weighted by atomic mass is 16.5. The Morgan fingerprint density at radius 1 is 1.20 bits per heavy atom. The molecule has 0 atom stereocenters. The van der Waals surface area contributed by atoms with Gasteiger partial charge in [0.1, 0.15) is 11.5 Å². The molecule has 0 radical (unpaired) electrons. The van der Waals surface area contributed by atoms with Gasteiger partial charge in [0.25, 0.3) is 0 Å². The van der Waals surface area contributed by atoms with E-state index in [2.05, 4.69) is 0 Å². The molecule has 0 aliphatic carbocycles. The Balaban J connectivity index is 2.21. The standard InChI is InChI=1S/C12H10O3/c1-9(13)15-11-6-4-10(5-7-11)12-3-2-8-14-12/h2-8H,1H3. The van der Waals surface area contributed by atoms with Crippen LogP contribution in [0.1, 0.15) is 6.92 Å². The van der Waals surface area contributed by atoms with Crippen LogP contribution >= 0.6 is 0 Å². The molecule has 1 aromatic heterocycles. The first-order valence-electron chi connectivity index (χ1n) is 4.58. The van der Waals surface area contributed by atoms with Crippen LogP contribution < -0.4 is 4.74 Å². The minimum atomic E-state index is -0.319. The third-order valence-corrected chi connectivity index (χ3v) is 1.92. The predicted octanol–water partition coefficient (Wildman–Crippen LogP) is 2.87. The molecule has 0 spiro atoms. The molecule has 0 N–H and O–H groups in total. The molecule has 2 rings (SSSR count). The van der Waals surface area contributed by atoms with Gasteiger partial charge in [-0.3, -0.25) is 4.79 Å².